The molecule has 1 aromatic carbocycles. The van der Waals surface area contributed by atoms with E-state index in [0.29, 0.717) is 31.6 Å². The molecule has 1 aromatic rings. The van der Waals surface area contributed by atoms with Crippen LogP contribution in [-0.4, -0.2) is 27.2 Å². The molecule has 1 fully saturated rings. The molecular weight excluding hydrogens is 340 g/mol. The average Bonchev–Trinajstić information content (AvgIpc) is 2.58. The summed E-state index contributed by atoms with van der Waals surface area (Å²) in [5.41, 5.74) is -0.330. The van der Waals surface area contributed by atoms with E-state index < -0.39 is 15.4 Å². The van der Waals surface area contributed by atoms with Crippen LogP contribution >= 0.6 is 0 Å². The van der Waals surface area contributed by atoms with Gasteiger partial charge in [0, 0.05) is 0 Å². The number of nitro benzene ring substituents is 2. The Morgan fingerprint density at radius 3 is 2.23 bits per heavy atom. The molecule has 1 N–H and O–H groups in total. The lowest BCUT2D eigenvalue weighted by molar-refractivity contribution is -0.394. The Bertz CT molecular complexity index is 663. The molecule has 0 saturated heterocycles. The normalized spacial score (nSPS) is 22.6. The van der Waals surface area contributed by atoms with Gasteiger partial charge < -0.3 is 9.84 Å². The molecule has 142 valence electrons. The zero-order valence-electron chi connectivity index (χ0n) is 14.8. The van der Waals surface area contributed by atoms with Crippen molar-refractivity contribution in [1.82, 2.24) is 0 Å². The van der Waals surface area contributed by atoms with Gasteiger partial charge in [-0.2, -0.15) is 0 Å². The van der Waals surface area contributed by atoms with Crippen molar-refractivity contribution in [2.45, 2.75) is 51.0 Å². The topological polar surface area (TPSA) is 116 Å². The Kier molecular flexibility index (Phi) is 6.31. The number of non-ortho nitro benzene ring substituents is 2. The van der Waals surface area contributed by atoms with Gasteiger partial charge >= 0.3 is 0 Å². The number of nitro groups is 2. The minimum atomic E-state index is -0.718. The monoisotopic (exact) mass is 364 g/mol. The van der Waals surface area contributed by atoms with E-state index in [1.54, 1.807) is 0 Å². The lowest BCUT2D eigenvalue weighted by Gasteiger charge is -2.36. The number of benzene rings is 1. The summed E-state index contributed by atoms with van der Waals surface area (Å²) in [5, 5.41) is 32.4. The fourth-order valence-electron chi connectivity index (χ4n) is 3.35. The molecule has 26 heavy (non-hydrogen) atoms. The summed E-state index contributed by atoms with van der Waals surface area (Å²) in [4.78, 5) is 20.4. The van der Waals surface area contributed by atoms with E-state index in [9.17, 15) is 25.3 Å². The first-order valence-corrected chi connectivity index (χ1v) is 8.65. The van der Waals surface area contributed by atoms with Crippen LogP contribution in [0.15, 0.2) is 30.4 Å². The van der Waals surface area contributed by atoms with Crippen LogP contribution in [0.4, 0.5) is 11.4 Å². The highest BCUT2D eigenvalue weighted by Crippen LogP contribution is 2.37. The lowest BCUT2D eigenvalue weighted by Crippen LogP contribution is -2.34. The summed E-state index contributed by atoms with van der Waals surface area (Å²) in [6.07, 6.45) is 4.39. The van der Waals surface area contributed by atoms with Gasteiger partial charge in [0.05, 0.1) is 40.3 Å². The fraction of sp³-hybridized carbons (Fsp3) is 0.556. The van der Waals surface area contributed by atoms with E-state index in [1.165, 1.54) is 12.1 Å². The van der Waals surface area contributed by atoms with Crippen molar-refractivity contribution in [3.05, 3.63) is 50.6 Å². The minimum Gasteiger partial charge on any atom is -0.493 e. The predicted octanol–water partition coefficient (Wildman–Crippen LogP) is 4.16. The highest BCUT2D eigenvalue weighted by Gasteiger charge is 2.32. The van der Waals surface area contributed by atoms with Gasteiger partial charge in [0.2, 0.25) is 0 Å². The van der Waals surface area contributed by atoms with Gasteiger partial charge in [-0.25, -0.2) is 0 Å². The van der Waals surface area contributed by atoms with Crippen molar-refractivity contribution in [3.63, 3.8) is 0 Å². The summed E-state index contributed by atoms with van der Waals surface area (Å²) in [5.74, 6) is 0.556. The molecule has 0 aromatic heterocycles. The van der Waals surface area contributed by atoms with Gasteiger partial charge in [0.15, 0.2) is 0 Å². The maximum atomic E-state index is 10.9. The highest BCUT2D eigenvalue weighted by molar-refractivity contribution is 5.49. The fourth-order valence-corrected chi connectivity index (χ4v) is 3.35. The number of nitrogens with zero attached hydrogens (tertiary/aromatic N) is 2. The number of ether oxygens (including phenoxy) is 1. The van der Waals surface area contributed by atoms with Crippen molar-refractivity contribution < 1.29 is 19.7 Å². The summed E-state index contributed by atoms with van der Waals surface area (Å²) in [6, 6.07) is 3.23. The van der Waals surface area contributed by atoms with E-state index in [4.69, 9.17) is 4.74 Å². The van der Waals surface area contributed by atoms with Crippen LogP contribution in [0.2, 0.25) is 0 Å². The second kappa shape index (κ2) is 8.27. The highest BCUT2D eigenvalue weighted by atomic mass is 16.6. The molecular formula is C18H24N2O6. The van der Waals surface area contributed by atoms with Crippen molar-refractivity contribution in [1.29, 1.82) is 0 Å². The number of rotatable bonds is 8. The maximum absolute atomic E-state index is 10.9. The number of allylic oxidation sites excluding steroid dienone is 1. The van der Waals surface area contributed by atoms with Crippen molar-refractivity contribution in [2.24, 2.45) is 5.92 Å². The van der Waals surface area contributed by atoms with E-state index in [-0.39, 0.29) is 23.7 Å². The van der Waals surface area contributed by atoms with Gasteiger partial charge in [0.25, 0.3) is 11.4 Å². The molecule has 8 nitrogen and oxygen atoms in total. The van der Waals surface area contributed by atoms with Crippen molar-refractivity contribution in [3.8, 4) is 5.75 Å². The molecule has 0 aliphatic heterocycles. The predicted molar refractivity (Wildman–Crippen MR) is 96.2 cm³/mol. The second-order valence-corrected chi connectivity index (χ2v) is 7.00. The zero-order chi connectivity index (χ0) is 19.3. The quantitative estimate of drug-likeness (QED) is 0.320. The molecule has 1 saturated carbocycles. The van der Waals surface area contributed by atoms with Crippen LogP contribution in [0, 0.1) is 26.1 Å². The first-order chi connectivity index (χ1) is 12.2. The Hall–Kier alpha value is -2.48. The van der Waals surface area contributed by atoms with E-state index in [0.717, 1.165) is 24.5 Å². The van der Waals surface area contributed by atoms with E-state index in [1.807, 2.05) is 6.92 Å². The third-order valence-corrected chi connectivity index (χ3v) is 4.97. The number of hydrogen-bond acceptors (Lipinski definition) is 6. The first kappa shape index (κ1) is 19.8. The summed E-state index contributed by atoms with van der Waals surface area (Å²) in [7, 11) is 0. The molecule has 0 unspecified atom stereocenters. The van der Waals surface area contributed by atoms with Gasteiger partial charge in [0.1, 0.15) is 5.75 Å². The first-order valence-electron chi connectivity index (χ1n) is 8.65. The Morgan fingerprint density at radius 1 is 1.23 bits per heavy atom. The number of hydrogen-bond donors (Lipinski definition) is 1. The van der Waals surface area contributed by atoms with Crippen molar-refractivity contribution >= 4 is 11.4 Å². The SMILES string of the molecule is C=C(C)C1CCC(O)(CCCOc2cc([N+](=O)[O-])cc([N+](=O)[O-])c2)CC1. The molecule has 0 spiro atoms. The second-order valence-electron chi connectivity index (χ2n) is 7.00. The van der Waals surface area contributed by atoms with Crippen LogP contribution in [0.25, 0.3) is 0 Å². The molecule has 0 amide bonds. The third-order valence-electron chi connectivity index (χ3n) is 4.97. The molecule has 8 heteroatoms. The lowest BCUT2D eigenvalue weighted by atomic mass is 9.75. The van der Waals surface area contributed by atoms with Crippen LogP contribution in [-0.2, 0) is 0 Å². The van der Waals surface area contributed by atoms with Crippen LogP contribution in [0.1, 0.15) is 45.4 Å². The van der Waals surface area contributed by atoms with Gasteiger partial charge in [-0.1, -0.05) is 12.2 Å². The molecule has 0 heterocycles. The average molecular weight is 364 g/mol. The molecule has 0 bridgehead atoms. The Morgan fingerprint density at radius 2 is 1.77 bits per heavy atom. The van der Waals surface area contributed by atoms with Crippen LogP contribution < -0.4 is 4.74 Å². The Balaban J connectivity index is 1.87. The standard InChI is InChI=1S/C18H24N2O6/c1-13(2)14-4-7-18(21,8-5-14)6-3-9-26-17-11-15(19(22)23)10-16(12-17)20(24)25/h10-12,14,21H,1,3-9H2,2H3. The van der Waals surface area contributed by atoms with E-state index in [2.05, 4.69) is 6.58 Å². The smallest absolute Gasteiger partial charge is 0.280 e. The zero-order valence-corrected chi connectivity index (χ0v) is 14.8. The van der Waals surface area contributed by atoms with Gasteiger partial charge in [-0.3, -0.25) is 20.2 Å². The van der Waals surface area contributed by atoms with E-state index >= 15 is 0 Å². The molecule has 1 aliphatic carbocycles. The van der Waals surface area contributed by atoms with Crippen LogP contribution in [0.3, 0.4) is 0 Å². The largest absolute Gasteiger partial charge is 0.493 e. The molecule has 0 radical (unpaired) electrons. The number of aliphatic hydroxyl groups is 1. The Labute approximate surface area is 151 Å². The van der Waals surface area contributed by atoms with Gasteiger partial charge in [-0.15, -0.1) is 0 Å². The minimum absolute atomic E-state index is 0.0869. The molecule has 0 atom stereocenters. The third kappa shape index (κ3) is 5.26. The summed E-state index contributed by atoms with van der Waals surface area (Å²) < 4.78 is 5.45. The maximum Gasteiger partial charge on any atom is 0.280 e. The summed E-state index contributed by atoms with van der Waals surface area (Å²) in [6.45, 7) is 6.22. The molecule has 2 rings (SSSR count). The van der Waals surface area contributed by atoms with Gasteiger partial charge in [-0.05, 0) is 51.4 Å². The van der Waals surface area contributed by atoms with Crippen molar-refractivity contribution in [2.75, 3.05) is 6.61 Å². The molecule has 1 aliphatic rings. The summed E-state index contributed by atoms with van der Waals surface area (Å²) >= 11 is 0. The van der Waals surface area contributed by atoms with Crippen LogP contribution in [0.5, 0.6) is 5.75 Å².